The van der Waals surface area contributed by atoms with Crippen LogP contribution in [0, 0.1) is 5.82 Å². The van der Waals surface area contributed by atoms with Crippen LogP contribution < -0.4 is 11.1 Å². The van der Waals surface area contributed by atoms with E-state index in [4.69, 9.17) is 5.73 Å². The number of aryl methyl sites for hydroxylation is 1. The average Bonchev–Trinajstić information content (AvgIpc) is 2.76. The third-order valence-corrected chi connectivity index (χ3v) is 3.29. The second kappa shape index (κ2) is 6.39. The monoisotopic (exact) mass is 290 g/mol. The molecule has 112 valence electrons. The molecule has 0 bridgehead atoms. The Kier molecular flexibility index (Phi) is 4.57. The van der Waals surface area contributed by atoms with Crippen LogP contribution in [0.2, 0.25) is 0 Å². The van der Waals surface area contributed by atoms with Gasteiger partial charge in [0.2, 0.25) is 5.91 Å². The highest BCUT2D eigenvalue weighted by Gasteiger charge is 2.15. The molecule has 1 amide bonds. The fourth-order valence-electron chi connectivity index (χ4n) is 2.22. The van der Waals surface area contributed by atoms with Gasteiger partial charge in [-0.05, 0) is 25.0 Å². The second-order valence-electron chi connectivity index (χ2n) is 4.70. The van der Waals surface area contributed by atoms with Gasteiger partial charge in [0.15, 0.2) is 0 Å². The van der Waals surface area contributed by atoms with E-state index in [2.05, 4.69) is 10.4 Å². The maximum Gasteiger partial charge on any atom is 0.246 e. The number of anilines is 2. The number of nitrogens with one attached hydrogen (secondary N) is 1. The summed E-state index contributed by atoms with van der Waals surface area (Å²) < 4.78 is 15.1. The third-order valence-electron chi connectivity index (χ3n) is 3.29. The van der Waals surface area contributed by atoms with Crippen molar-refractivity contribution < 1.29 is 9.18 Å². The van der Waals surface area contributed by atoms with Gasteiger partial charge in [-0.25, -0.2) is 4.39 Å². The number of carbonyl (C=O) groups is 1. The average molecular weight is 290 g/mol. The van der Waals surface area contributed by atoms with Crippen LogP contribution in [0.25, 0.3) is 0 Å². The molecule has 0 spiro atoms. The Bertz CT molecular complexity index is 651. The Balaban J connectivity index is 2.15. The number of hydrogen-bond acceptors (Lipinski definition) is 3. The van der Waals surface area contributed by atoms with E-state index in [0.29, 0.717) is 18.5 Å². The van der Waals surface area contributed by atoms with Crippen LogP contribution in [-0.4, -0.2) is 15.7 Å². The van der Waals surface area contributed by atoms with Gasteiger partial charge in [-0.3, -0.25) is 9.48 Å². The minimum atomic E-state index is -0.462. The minimum absolute atomic E-state index is 0.0156. The topological polar surface area (TPSA) is 72.9 Å². The molecule has 0 unspecified atom stereocenters. The highest BCUT2D eigenvalue weighted by molar-refractivity contribution is 5.90. The number of hydrogen-bond donors (Lipinski definition) is 2. The number of aromatic nitrogens is 2. The molecule has 2 rings (SSSR count). The molecule has 3 N–H and O–H groups in total. The number of rotatable bonds is 5. The molecule has 0 radical (unpaired) electrons. The molecule has 0 aliphatic heterocycles. The predicted octanol–water partition coefficient (Wildman–Crippen LogP) is 2.37. The standard InChI is InChI=1S/C15H19FN4O/c1-3-11-15(17)13(4-2)20(19-11)9-14(21)18-12-8-6-5-7-10(12)16/h5-8H,3-4,9,17H2,1-2H3,(H,18,21). The molecule has 0 aliphatic carbocycles. The Morgan fingerprint density at radius 1 is 1.33 bits per heavy atom. The molecule has 2 aromatic rings. The van der Waals surface area contributed by atoms with Gasteiger partial charge in [-0.1, -0.05) is 26.0 Å². The molecule has 0 aliphatic rings. The first-order chi connectivity index (χ1) is 10.1. The zero-order valence-electron chi connectivity index (χ0n) is 12.2. The van der Waals surface area contributed by atoms with Gasteiger partial charge in [0.25, 0.3) is 0 Å². The zero-order valence-corrected chi connectivity index (χ0v) is 12.2. The van der Waals surface area contributed by atoms with Crippen molar-refractivity contribution in [2.75, 3.05) is 11.1 Å². The Hall–Kier alpha value is -2.37. The largest absolute Gasteiger partial charge is 0.396 e. The number of nitrogens with zero attached hydrogens (tertiary/aromatic N) is 2. The van der Waals surface area contributed by atoms with Gasteiger partial charge >= 0.3 is 0 Å². The fourth-order valence-corrected chi connectivity index (χ4v) is 2.22. The predicted molar refractivity (Wildman–Crippen MR) is 80.4 cm³/mol. The molecule has 0 saturated heterocycles. The van der Waals surface area contributed by atoms with Crippen LogP contribution in [-0.2, 0) is 24.2 Å². The summed E-state index contributed by atoms with van der Waals surface area (Å²) in [7, 11) is 0. The number of carbonyl (C=O) groups excluding carboxylic acids is 1. The molecular weight excluding hydrogens is 271 g/mol. The Labute approximate surface area is 123 Å². The highest BCUT2D eigenvalue weighted by Crippen LogP contribution is 2.19. The normalized spacial score (nSPS) is 10.6. The lowest BCUT2D eigenvalue weighted by molar-refractivity contribution is -0.117. The van der Waals surface area contributed by atoms with Crippen molar-refractivity contribution in [2.45, 2.75) is 33.2 Å². The van der Waals surface area contributed by atoms with E-state index in [-0.39, 0.29) is 18.1 Å². The summed E-state index contributed by atoms with van der Waals surface area (Å²) in [5.74, 6) is -0.796. The summed E-state index contributed by atoms with van der Waals surface area (Å²) in [5, 5.41) is 6.88. The number of halogens is 1. The van der Waals surface area contributed by atoms with Crippen molar-refractivity contribution in [2.24, 2.45) is 0 Å². The number of para-hydroxylation sites is 1. The quantitative estimate of drug-likeness (QED) is 0.888. The van der Waals surface area contributed by atoms with Gasteiger partial charge in [-0.2, -0.15) is 5.10 Å². The summed E-state index contributed by atoms with van der Waals surface area (Å²) in [6.07, 6.45) is 1.40. The lowest BCUT2D eigenvalue weighted by Gasteiger charge is -2.08. The number of nitrogen functional groups attached to an aromatic ring is 1. The van der Waals surface area contributed by atoms with Crippen molar-refractivity contribution in [1.29, 1.82) is 0 Å². The van der Waals surface area contributed by atoms with Crippen molar-refractivity contribution in [1.82, 2.24) is 9.78 Å². The van der Waals surface area contributed by atoms with Gasteiger partial charge < -0.3 is 11.1 Å². The maximum atomic E-state index is 13.5. The fraction of sp³-hybridized carbons (Fsp3) is 0.333. The molecule has 0 fully saturated rings. The van der Waals surface area contributed by atoms with Gasteiger partial charge in [-0.15, -0.1) is 0 Å². The second-order valence-corrected chi connectivity index (χ2v) is 4.70. The molecule has 6 heteroatoms. The van der Waals surface area contributed by atoms with Crippen LogP contribution in [0.15, 0.2) is 24.3 Å². The molecule has 1 aromatic carbocycles. The van der Waals surface area contributed by atoms with Crippen LogP contribution in [0.1, 0.15) is 25.2 Å². The highest BCUT2D eigenvalue weighted by atomic mass is 19.1. The Morgan fingerprint density at radius 2 is 2.05 bits per heavy atom. The van der Waals surface area contributed by atoms with Crippen LogP contribution in [0.5, 0.6) is 0 Å². The van der Waals surface area contributed by atoms with Gasteiger partial charge in [0, 0.05) is 0 Å². The molecule has 0 atom stereocenters. The van der Waals surface area contributed by atoms with Crippen LogP contribution in [0.4, 0.5) is 15.8 Å². The lowest BCUT2D eigenvalue weighted by Crippen LogP contribution is -2.21. The number of nitrogens with two attached hydrogens (primary N) is 1. The van der Waals surface area contributed by atoms with Crippen LogP contribution >= 0.6 is 0 Å². The summed E-state index contributed by atoms with van der Waals surface area (Å²) >= 11 is 0. The van der Waals surface area contributed by atoms with E-state index >= 15 is 0 Å². The van der Waals surface area contributed by atoms with Crippen molar-refractivity contribution >= 4 is 17.3 Å². The van der Waals surface area contributed by atoms with Crippen molar-refractivity contribution in [3.05, 3.63) is 41.5 Å². The van der Waals surface area contributed by atoms with Gasteiger partial charge in [0.05, 0.1) is 22.8 Å². The summed E-state index contributed by atoms with van der Waals surface area (Å²) in [6, 6.07) is 6.05. The first-order valence-corrected chi connectivity index (χ1v) is 6.95. The van der Waals surface area contributed by atoms with Crippen molar-refractivity contribution in [3.8, 4) is 0 Å². The summed E-state index contributed by atoms with van der Waals surface area (Å²) in [6.45, 7) is 3.93. The molecule has 1 heterocycles. The van der Waals surface area contributed by atoms with Gasteiger partial charge in [0.1, 0.15) is 12.4 Å². The van der Waals surface area contributed by atoms with Crippen molar-refractivity contribution in [3.63, 3.8) is 0 Å². The summed E-state index contributed by atoms with van der Waals surface area (Å²) in [5.41, 5.74) is 8.42. The molecular formula is C15H19FN4O. The minimum Gasteiger partial charge on any atom is -0.396 e. The van der Waals surface area contributed by atoms with E-state index in [9.17, 15) is 9.18 Å². The summed E-state index contributed by atoms with van der Waals surface area (Å²) in [4.78, 5) is 12.0. The molecule has 1 aromatic heterocycles. The Morgan fingerprint density at radius 3 is 2.67 bits per heavy atom. The van der Waals surface area contributed by atoms with E-state index in [0.717, 1.165) is 11.4 Å². The van der Waals surface area contributed by atoms with E-state index in [1.807, 2.05) is 13.8 Å². The first kappa shape index (κ1) is 15.0. The third kappa shape index (κ3) is 3.21. The molecule has 21 heavy (non-hydrogen) atoms. The molecule has 0 saturated carbocycles. The van der Waals surface area contributed by atoms with Crippen LogP contribution in [0.3, 0.4) is 0 Å². The first-order valence-electron chi connectivity index (χ1n) is 6.95. The van der Waals surface area contributed by atoms with E-state index in [1.54, 1.807) is 16.8 Å². The smallest absolute Gasteiger partial charge is 0.246 e. The zero-order chi connectivity index (χ0) is 15.4. The van der Waals surface area contributed by atoms with E-state index < -0.39 is 5.82 Å². The number of amides is 1. The SMILES string of the molecule is CCc1nn(CC(=O)Nc2ccccc2F)c(CC)c1N. The maximum absolute atomic E-state index is 13.5. The number of benzene rings is 1. The van der Waals surface area contributed by atoms with E-state index in [1.165, 1.54) is 12.1 Å². The lowest BCUT2D eigenvalue weighted by atomic mass is 10.2. The molecule has 5 nitrogen and oxygen atoms in total.